The molecule has 1 rings (SSSR count). The Labute approximate surface area is 125 Å². The smallest absolute Gasteiger partial charge is 0.294 e. The molecule has 1 aromatic carbocycles. The molecule has 8 heteroatoms. The lowest BCUT2D eigenvalue weighted by molar-refractivity contribution is -0.384. The van der Waals surface area contributed by atoms with Crippen LogP contribution in [-0.4, -0.2) is 30.5 Å². The van der Waals surface area contributed by atoms with Crippen LogP contribution in [0.25, 0.3) is 0 Å². The van der Waals surface area contributed by atoms with Crippen molar-refractivity contribution in [3.05, 3.63) is 32.3 Å². The Morgan fingerprint density at radius 2 is 2.20 bits per heavy atom. The molecular formula is C12H17BrN4O3. The van der Waals surface area contributed by atoms with Crippen LogP contribution in [0.2, 0.25) is 0 Å². The van der Waals surface area contributed by atoms with Crippen LogP contribution in [0.3, 0.4) is 0 Å². The Kier molecular flexibility index (Phi) is 5.90. The van der Waals surface area contributed by atoms with Crippen LogP contribution in [0.15, 0.2) is 16.6 Å². The Morgan fingerprint density at radius 1 is 1.55 bits per heavy atom. The molecule has 0 saturated heterocycles. The molecule has 1 aromatic rings. The van der Waals surface area contributed by atoms with Gasteiger partial charge in [0.05, 0.1) is 10.5 Å². The number of hydrogen-bond acceptors (Lipinski definition) is 5. The third-order valence-electron chi connectivity index (χ3n) is 2.82. The first-order valence-electron chi connectivity index (χ1n) is 6.10. The second-order valence-electron chi connectivity index (χ2n) is 4.23. The van der Waals surface area contributed by atoms with Gasteiger partial charge in [-0.25, -0.2) is 0 Å². The molecular weight excluding hydrogens is 328 g/mol. The van der Waals surface area contributed by atoms with Crippen LogP contribution in [0.5, 0.6) is 0 Å². The number of nitrogens with zero attached hydrogens (tertiary/aromatic N) is 1. The summed E-state index contributed by atoms with van der Waals surface area (Å²) >= 11 is 3.17. The fourth-order valence-corrected chi connectivity index (χ4v) is 2.06. The van der Waals surface area contributed by atoms with E-state index in [0.717, 1.165) is 6.42 Å². The zero-order valence-electron chi connectivity index (χ0n) is 11.3. The number of carbonyl (C=O) groups excluding carboxylic acids is 1. The summed E-state index contributed by atoms with van der Waals surface area (Å²) in [5.74, 6) is -0.401. The molecule has 0 aliphatic rings. The van der Waals surface area contributed by atoms with Crippen molar-refractivity contribution in [2.24, 2.45) is 5.73 Å². The number of nitrogens with one attached hydrogen (secondary N) is 2. The number of nitro groups is 1. The number of nitro benzene ring substituents is 1. The zero-order valence-corrected chi connectivity index (χ0v) is 12.9. The van der Waals surface area contributed by atoms with Gasteiger partial charge < -0.3 is 16.4 Å². The molecule has 1 unspecified atom stereocenters. The Balaban J connectivity index is 3.27. The standard InChI is InChI=1S/C12H17BrN4O3/c1-3-8(14)6-16-11-9(12(18)15-2)4-7(13)5-10(11)17(19)20/h4-5,8,16H,3,6,14H2,1-2H3,(H,15,18). The summed E-state index contributed by atoms with van der Waals surface area (Å²) in [4.78, 5) is 22.5. The predicted octanol–water partition coefficient (Wildman–Crippen LogP) is 1.87. The lowest BCUT2D eigenvalue weighted by Crippen LogP contribution is -2.29. The summed E-state index contributed by atoms with van der Waals surface area (Å²) in [5, 5.41) is 16.5. The van der Waals surface area contributed by atoms with Crippen molar-refractivity contribution in [2.75, 3.05) is 18.9 Å². The van der Waals surface area contributed by atoms with Gasteiger partial charge in [-0.2, -0.15) is 0 Å². The van der Waals surface area contributed by atoms with Gasteiger partial charge >= 0.3 is 0 Å². The zero-order chi connectivity index (χ0) is 15.3. The van der Waals surface area contributed by atoms with E-state index < -0.39 is 10.8 Å². The third-order valence-corrected chi connectivity index (χ3v) is 3.27. The van der Waals surface area contributed by atoms with E-state index in [9.17, 15) is 14.9 Å². The monoisotopic (exact) mass is 344 g/mol. The Morgan fingerprint density at radius 3 is 2.70 bits per heavy atom. The van der Waals surface area contributed by atoms with E-state index in [0.29, 0.717) is 11.0 Å². The van der Waals surface area contributed by atoms with E-state index in [4.69, 9.17) is 5.73 Å². The maximum absolute atomic E-state index is 11.8. The summed E-state index contributed by atoms with van der Waals surface area (Å²) in [5.41, 5.74) is 6.02. The highest BCUT2D eigenvalue weighted by Crippen LogP contribution is 2.32. The lowest BCUT2D eigenvalue weighted by atomic mass is 10.1. The van der Waals surface area contributed by atoms with Crippen molar-refractivity contribution in [2.45, 2.75) is 19.4 Å². The van der Waals surface area contributed by atoms with Crippen LogP contribution in [0.4, 0.5) is 11.4 Å². The van der Waals surface area contributed by atoms with Gasteiger partial charge in [0.15, 0.2) is 0 Å². The van der Waals surface area contributed by atoms with Crippen molar-refractivity contribution >= 4 is 33.2 Å². The first-order valence-corrected chi connectivity index (χ1v) is 6.89. The van der Waals surface area contributed by atoms with Gasteiger partial charge in [0.25, 0.3) is 11.6 Å². The van der Waals surface area contributed by atoms with E-state index in [2.05, 4.69) is 26.6 Å². The summed E-state index contributed by atoms with van der Waals surface area (Å²) in [6.07, 6.45) is 0.729. The third kappa shape index (κ3) is 3.91. The number of halogens is 1. The average molecular weight is 345 g/mol. The van der Waals surface area contributed by atoms with Crippen molar-refractivity contribution in [1.82, 2.24) is 5.32 Å². The maximum atomic E-state index is 11.8. The normalized spacial score (nSPS) is 11.8. The summed E-state index contributed by atoms with van der Waals surface area (Å²) in [6.45, 7) is 2.27. The molecule has 0 bridgehead atoms. The predicted molar refractivity (Wildman–Crippen MR) is 80.9 cm³/mol. The first-order chi connectivity index (χ1) is 9.40. The van der Waals surface area contributed by atoms with E-state index in [-0.39, 0.29) is 23.0 Å². The quantitative estimate of drug-likeness (QED) is 0.538. The molecule has 4 N–H and O–H groups in total. The van der Waals surface area contributed by atoms with Gasteiger partial charge in [0.1, 0.15) is 5.69 Å². The minimum Gasteiger partial charge on any atom is -0.377 e. The fourth-order valence-electron chi connectivity index (χ4n) is 1.61. The number of carbonyl (C=O) groups is 1. The van der Waals surface area contributed by atoms with Gasteiger partial charge in [-0.1, -0.05) is 22.9 Å². The number of amides is 1. The molecule has 0 aromatic heterocycles. The minimum atomic E-state index is -0.531. The minimum absolute atomic E-state index is 0.143. The largest absolute Gasteiger partial charge is 0.377 e. The van der Waals surface area contributed by atoms with Crippen LogP contribution < -0.4 is 16.4 Å². The molecule has 7 nitrogen and oxygen atoms in total. The van der Waals surface area contributed by atoms with Crippen molar-refractivity contribution in [3.8, 4) is 0 Å². The van der Waals surface area contributed by atoms with Crippen molar-refractivity contribution in [1.29, 1.82) is 0 Å². The molecule has 0 saturated carbocycles. The molecule has 0 aliphatic heterocycles. The number of nitrogens with two attached hydrogens (primary N) is 1. The van der Waals surface area contributed by atoms with Gasteiger partial charge in [-0.3, -0.25) is 14.9 Å². The summed E-state index contributed by atoms with van der Waals surface area (Å²) in [7, 11) is 1.47. The number of benzene rings is 1. The Hall–Kier alpha value is -1.67. The number of rotatable bonds is 6. The van der Waals surface area contributed by atoms with E-state index >= 15 is 0 Å². The molecule has 0 radical (unpaired) electrons. The highest BCUT2D eigenvalue weighted by atomic mass is 79.9. The van der Waals surface area contributed by atoms with Gasteiger partial charge in [-0.15, -0.1) is 0 Å². The molecule has 0 aliphatic carbocycles. The van der Waals surface area contributed by atoms with Crippen LogP contribution in [-0.2, 0) is 0 Å². The van der Waals surface area contributed by atoms with Gasteiger partial charge in [0, 0.05) is 30.2 Å². The highest BCUT2D eigenvalue weighted by molar-refractivity contribution is 9.10. The topological polar surface area (TPSA) is 110 Å². The van der Waals surface area contributed by atoms with Crippen LogP contribution in [0, 0.1) is 10.1 Å². The molecule has 0 spiro atoms. The van der Waals surface area contributed by atoms with Gasteiger partial charge in [0.2, 0.25) is 0 Å². The highest BCUT2D eigenvalue weighted by Gasteiger charge is 2.23. The average Bonchev–Trinajstić information content (AvgIpc) is 2.43. The van der Waals surface area contributed by atoms with Crippen LogP contribution in [0.1, 0.15) is 23.7 Å². The molecule has 110 valence electrons. The first kappa shape index (κ1) is 16.4. The second kappa shape index (κ2) is 7.20. The summed E-state index contributed by atoms with van der Waals surface area (Å²) < 4.78 is 0.466. The molecule has 1 atom stereocenters. The molecule has 1 amide bonds. The fraction of sp³-hybridized carbons (Fsp3) is 0.417. The van der Waals surface area contributed by atoms with E-state index in [1.807, 2.05) is 6.92 Å². The van der Waals surface area contributed by atoms with Crippen molar-refractivity contribution in [3.63, 3.8) is 0 Å². The SMILES string of the molecule is CCC(N)CNc1c(C(=O)NC)cc(Br)cc1[N+](=O)[O-]. The van der Waals surface area contributed by atoms with Crippen LogP contribution >= 0.6 is 15.9 Å². The lowest BCUT2D eigenvalue weighted by Gasteiger charge is -2.15. The summed E-state index contributed by atoms with van der Waals surface area (Å²) in [6, 6.07) is 2.74. The number of hydrogen-bond donors (Lipinski definition) is 3. The second-order valence-corrected chi connectivity index (χ2v) is 5.15. The Bertz CT molecular complexity index is 522. The van der Waals surface area contributed by atoms with E-state index in [1.165, 1.54) is 19.2 Å². The maximum Gasteiger partial charge on any atom is 0.294 e. The van der Waals surface area contributed by atoms with Gasteiger partial charge in [-0.05, 0) is 12.5 Å². The number of anilines is 1. The molecule has 0 fully saturated rings. The van der Waals surface area contributed by atoms with E-state index in [1.54, 1.807) is 0 Å². The molecule has 20 heavy (non-hydrogen) atoms. The molecule has 0 heterocycles. The van der Waals surface area contributed by atoms with Crippen molar-refractivity contribution < 1.29 is 9.72 Å².